The molecule has 0 radical (unpaired) electrons. The van der Waals surface area contributed by atoms with Gasteiger partial charge in [0, 0.05) is 25.3 Å². The average molecular weight is 442 g/mol. The predicted octanol–water partition coefficient (Wildman–Crippen LogP) is 2.86. The number of aromatic nitrogens is 1. The molecule has 0 aliphatic rings. The van der Waals surface area contributed by atoms with Crippen molar-refractivity contribution in [1.29, 1.82) is 0 Å². The zero-order valence-electron chi connectivity index (χ0n) is 17.7. The Kier molecular flexibility index (Phi) is 6.86. The molecule has 8 nitrogen and oxygen atoms in total. The summed E-state index contributed by atoms with van der Waals surface area (Å²) in [7, 11) is 5.14. The summed E-state index contributed by atoms with van der Waals surface area (Å²) < 4.78 is 12.1. The first-order valence-electron chi connectivity index (χ1n) is 9.57. The second-order valence-corrected chi connectivity index (χ2v) is 7.82. The lowest BCUT2D eigenvalue weighted by Gasteiger charge is -2.11. The van der Waals surface area contributed by atoms with E-state index in [9.17, 15) is 14.4 Å². The molecule has 9 heteroatoms. The number of nitrogens with zero attached hydrogens (tertiary/aromatic N) is 3. The highest BCUT2D eigenvalue weighted by atomic mass is 32.1. The van der Waals surface area contributed by atoms with Gasteiger partial charge >= 0.3 is 11.9 Å². The van der Waals surface area contributed by atoms with Crippen LogP contribution in [-0.4, -0.2) is 50.2 Å². The highest BCUT2D eigenvalue weighted by Gasteiger charge is 2.15. The summed E-state index contributed by atoms with van der Waals surface area (Å²) in [5.74, 6) is -1.34. The van der Waals surface area contributed by atoms with Gasteiger partial charge in [-0.1, -0.05) is 11.3 Å². The SMILES string of the molecule is CCOC(=O)Cn1c(=NC(=O)c2ccc(N(C)C)cc2)sc2cc(C(=O)OC)ccc21. The number of rotatable bonds is 6. The smallest absolute Gasteiger partial charge is 0.337 e. The van der Waals surface area contributed by atoms with Crippen LogP contribution >= 0.6 is 11.3 Å². The van der Waals surface area contributed by atoms with Crippen molar-refractivity contribution in [2.45, 2.75) is 13.5 Å². The summed E-state index contributed by atoms with van der Waals surface area (Å²) in [4.78, 5) is 43.3. The normalized spacial score (nSPS) is 11.4. The van der Waals surface area contributed by atoms with Crippen molar-refractivity contribution in [3.05, 3.63) is 58.4 Å². The Bertz CT molecular complexity index is 1190. The number of carbonyl (C=O) groups is 3. The molecular weight excluding hydrogens is 418 g/mol. The van der Waals surface area contributed by atoms with E-state index in [0.717, 1.165) is 5.69 Å². The van der Waals surface area contributed by atoms with Crippen molar-refractivity contribution >= 4 is 45.1 Å². The van der Waals surface area contributed by atoms with Crippen LogP contribution in [0.25, 0.3) is 10.2 Å². The van der Waals surface area contributed by atoms with Crippen LogP contribution in [0, 0.1) is 0 Å². The summed E-state index contributed by atoms with van der Waals surface area (Å²) in [6, 6.07) is 12.1. The van der Waals surface area contributed by atoms with Gasteiger partial charge in [0.15, 0.2) is 4.80 Å². The third-order valence-electron chi connectivity index (χ3n) is 4.52. The summed E-state index contributed by atoms with van der Waals surface area (Å²) in [5.41, 5.74) is 2.43. The van der Waals surface area contributed by atoms with Gasteiger partial charge in [0.1, 0.15) is 6.54 Å². The Hall–Kier alpha value is -3.46. The third kappa shape index (κ3) is 5.00. The summed E-state index contributed by atoms with van der Waals surface area (Å²) in [6.07, 6.45) is 0. The number of amides is 1. The minimum atomic E-state index is -0.470. The maximum Gasteiger partial charge on any atom is 0.337 e. The van der Waals surface area contributed by atoms with E-state index in [4.69, 9.17) is 9.47 Å². The Balaban J connectivity index is 2.08. The molecule has 3 rings (SSSR count). The topological polar surface area (TPSA) is 90.2 Å². The maximum absolute atomic E-state index is 12.8. The van der Waals surface area contributed by atoms with Gasteiger partial charge in [-0.25, -0.2) is 4.79 Å². The lowest BCUT2D eigenvalue weighted by atomic mass is 10.2. The van der Waals surface area contributed by atoms with Gasteiger partial charge < -0.3 is 18.9 Å². The molecule has 0 spiro atoms. The molecule has 3 aromatic rings. The molecule has 0 fully saturated rings. The van der Waals surface area contributed by atoms with Crippen LogP contribution in [-0.2, 0) is 20.8 Å². The van der Waals surface area contributed by atoms with Crippen LogP contribution in [0.5, 0.6) is 0 Å². The third-order valence-corrected chi connectivity index (χ3v) is 5.57. The largest absolute Gasteiger partial charge is 0.465 e. The summed E-state index contributed by atoms with van der Waals surface area (Å²) >= 11 is 1.21. The monoisotopic (exact) mass is 441 g/mol. The van der Waals surface area contributed by atoms with E-state index in [2.05, 4.69) is 4.99 Å². The second-order valence-electron chi connectivity index (χ2n) is 6.81. The number of carbonyl (C=O) groups excluding carboxylic acids is 3. The summed E-state index contributed by atoms with van der Waals surface area (Å²) in [5, 5.41) is 0. The van der Waals surface area contributed by atoms with Crippen LogP contribution in [0.15, 0.2) is 47.5 Å². The lowest BCUT2D eigenvalue weighted by Crippen LogP contribution is -2.23. The second kappa shape index (κ2) is 9.57. The highest BCUT2D eigenvalue weighted by molar-refractivity contribution is 7.16. The van der Waals surface area contributed by atoms with Crippen LogP contribution in [0.4, 0.5) is 5.69 Å². The van der Waals surface area contributed by atoms with E-state index in [-0.39, 0.29) is 13.2 Å². The van der Waals surface area contributed by atoms with Gasteiger partial charge in [-0.2, -0.15) is 4.99 Å². The Labute approximate surface area is 183 Å². The van der Waals surface area contributed by atoms with Crippen molar-refractivity contribution in [3.8, 4) is 0 Å². The van der Waals surface area contributed by atoms with E-state index >= 15 is 0 Å². The Morgan fingerprint density at radius 2 is 1.74 bits per heavy atom. The van der Waals surface area contributed by atoms with Crippen LogP contribution < -0.4 is 9.70 Å². The molecule has 1 heterocycles. The minimum absolute atomic E-state index is 0.100. The number of thiazole rings is 1. The molecule has 0 saturated heterocycles. The molecule has 0 unspecified atom stereocenters. The van der Waals surface area contributed by atoms with Gasteiger partial charge in [0.25, 0.3) is 5.91 Å². The molecule has 1 aromatic heterocycles. The van der Waals surface area contributed by atoms with E-state index < -0.39 is 17.8 Å². The molecule has 1 amide bonds. The van der Waals surface area contributed by atoms with Crippen molar-refractivity contribution in [1.82, 2.24) is 4.57 Å². The molecule has 0 N–H and O–H groups in total. The first-order chi connectivity index (χ1) is 14.8. The number of ether oxygens (including phenoxy) is 2. The average Bonchev–Trinajstić information content (AvgIpc) is 3.09. The van der Waals surface area contributed by atoms with Crippen molar-refractivity contribution in [3.63, 3.8) is 0 Å². The molecule has 31 heavy (non-hydrogen) atoms. The van der Waals surface area contributed by atoms with E-state index in [0.29, 0.717) is 26.1 Å². The number of anilines is 1. The fourth-order valence-corrected chi connectivity index (χ4v) is 4.01. The first-order valence-corrected chi connectivity index (χ1v) is 10.4. The van der Waals surface area contributed by atoms with Gasteiger partial charge in [-0.15, -0.1) is 0 Å². The predicted molar refractivity (Wildman–Crippen MR) is 118 cm³/mol. The molecule has 0 aliphatic heterocycles. The highest BCUT2D eigenvalue weighted by Crippen LogP contribution is 2.20. The molecule has 2 aromatic carbocycles. The molecule has 162 valence electrons. The molecule has 0 saturated carbocycles. The zero-order chi connectivity index (χ0) is 22.5. The van der Waals surface area contributed by atoms with Crippen molar-refractivity contribution in [2.24, 2.45) is 4.99 Å². The fourth-order valence-electron chi connectivity index (χ4n) is 2.95. The fraction of sp³-hybridized carbons (Fsp3) is 0.273. The Morgan fingerprint density at radius 3 is 2.35 bits per heavy atom. The van der Waals surface area contributed by atoms with E-state index in [1.165, 1.54) is 18.4 Å². The Morgan fingerprint density at radius 1 is 1.06 bits per heavy atom. The number of methoxy groups -OCH3 is 1. The van der Waals surface area contributed by atoms with Crippen LogP contribution in [0.3, 0.4) is 0 Å². The van der Waals surface area contributed by atoms with Crippen LogP contribution in [0.1, 0.15) is 27.6 Å². The first kappa shape index (κ1) is 22.2. The molecular formula is C22H23N3O5S. The van der Waals surface area contributed by atoms with Gasteiger partial charge in [-0.3, -0.25) is 9.59 Å². The number of benzene rings is 2. The van der Waals surface area contributed by atoms with Gasteiger partial charge in [-0.05, 0) is 49.4 Å². The number of hydrogen-bond donors (Lipinski definition) is 0. The molecule has 0 atom stereocenters. The van der Waals surface area contributed by atoms with Crippen LogP contribution in [0.2, 0.25) is 0 Å². The summed E-state index contributed by atoms with van der Waals surface area (Å²) in [6.45, 7) is 1.87. The standard InChI is InChI=1S/C22H23N3O5S/c1-5-30-19(26)13-25-17-11-8-15(21(28)29-4)12-18(17)31-22(25)23-20(27)14-6-9-16(10-7-14)24(2)3/h6-12H,5,13H2,1-4H3. The number of esters is 2. The molecule has 0 aliphatic carbocycles. The maximum atomic E-state index is 12.8. The number of fused-ring (bicyclic) bond motifs is 1. The minimum Gasteiger partial charge on any atom is -0.465 e. The number of hydrogen-bond acceptors (Lipinski definition) is 7. The van der Waals surface area contributed by atoms with E-state index in [1.54, 1.807) is 41.8 Å². The molecule has 0 bridgehead atoms. The van der Waals surface area contributed by atoms with Crippen molar-refractivity contribution in [2.75, 3.05) is 32.7 Å². The van der Waals surface area contributed by atoms with Crippen molar-refractivity contribution < 1.29 is 23.9 Å². The zero-order valence-corrected chi connectivity index (χ0v) is 18.6. The lowest BCUT2D eigenvalue weighted by molar-refractivity contribution is -0.143. The van der Waals surface area contributed by atoms with E-state index in [1.807, 2.05) is 31.1 Å². The quantitative estimate of drug-likeness (QED) is 0.547. The van der Waals surface area contributed by atoms with Gasteiger partial charge in [0.2, 0.25) is 0 Å². The van der Waals surface area contributed by atoms with Gasteiger partial charge in [0.05, 0.1) is 29.5 Å².